The Labute approximate surface area is 124 Å². The van der Waals surface area contributed by atoms with E-state index in [0.29, 0.717) is 16.6 Å². The van der Waals surface area contributed by atoms with Crippen LogP contribution in [0.25, 0.3) is 0 Å². The molecule has 0 fully saturated rings. The van der Waals surface area contributed by atoms with E-state index >= 15 is 0 Å². The van der Waals surface area contributed by atoms with Crippen LogP contribution in [0.5, 0.6) is 0 Å². The predicted molar refractivity (Wildman–Crippen MR) is 77.4 cm³/mol. The first-order valence-electron chi connectivity index (χ1n) is 6.35. The molecule has 2 N–H and O–H groups in total. The van der Waals surface area contributed by atoms with Gasteiger partial charge in [-0.3, -0.25) is 4.79 Å². The molecular weight excluding hydrogens is 292 g/mol. The number of rotatable bonds is 6. The molecule has 0 radical (unpaired) electrons. The Morgan fingerprint density at radius 2 is 2.29 bits per heavy atom. The van der Waals surface area contributed by atoms with Crippen LogP contribution < -0.4 is 5.56 Å². The van der Waals surface area contributed by atoms with Crippen LogP contribution in [0.2, 0.25) is 0 Å². The molecule has 110 valence electrons. The van der Waals surface area contributed by atoms with Gasteiger partial charge in [0.05, 0.1) is 5.69 Å². The van der Waals surface area contributed by atoms with Crippen LogP contribution in [0.1, 0.15) is 35.1 Å². The Hall–Kier alpha value is -2.22. The summed E-state index contributed by atoms with van der Waals surface area (Å²) in [5, 5.41) is 9.52. The van der Waals surface area contributed by atoms with E-state index in [0.717, 1.165) is 18.5 Å². The lowest BCUT2D eigenvalue weighted by Crippen LogP contribution is -2.10. The zero-order valence-electron chi connectivity index (χ0n) is 11.4. The van der Waals surface area contributed by atoms with Gasteiger partial charge in [0.15, 0.2) is 5.16 Å². The van der Waals surface area contributed by atoms with Crippen molar-refractivity contribution in [2.45, 2.75) is 30.7 Å². The molecular formula is C13H14N4O3S. The highest BCUT2D eigenvalue weighted by Crippen LogP contribution is 2.19. The second kappa shape index (κ2) is 6.98. The maximum Gasteiger partial charge on any atom is 0.339 e. The summed E-state index contributed by atoms with van der Waals surface area (Å²) >= 11 is 1.24. The van der Waals surface area contributed by atoms with Crippen molar-refractivity contribution in [2.24, 2.45) is 0 Å². The number of aromatic nitrogens is 4. The van der Waals surface area contributed by atoms with Gasteiger partial charge in [0, 0.05) is 23.7 Å². The number of thioether (sulfide) groups is 1. The lowest BCUT2D eigenvalue weighted by Gasteiger charge is -2.05. The van der Waals surface area contributed by atoms with Crippen molar-refractivity contribution in [1.29, 1.82) is 0 Å². The summed E-state index contributed by atoms with van der Waals surface area (Å²) < 4.78 is 0. The molecule has 8 heteroatoms. The van der Waals surface area contributed by atoms with Gasteiger partial charge in [0.1, 0.15) is 11.9 Å². The van der Waals surface area contributed by atoms with Crippen LogP contribution >= 0.6 is 11.8 Å². The van der Waals surface area contributed by atoms with E-state index in [1.807, 2.05) is 6.92 Å². The minimum Gasteiger partial charge on any atom is -0.478 e. The monoisotopic (exact) mass is 306 g/mol. The van der Waals surface area contributed by atoms with E-state index in [2.05, 4.69) is 19.9 Å². The third-order valence-electron chi connectivity index (χ3n) is 2.65. The lowest BCUT2D eigenvalue weighted by atomic mass is 10.2. The molecule has 0 saturated heterocycles. The van der Waals surface area contributed by atoms with E-state index in [9.17, 15) is 9.59 Å². The van der Waals surface area contributed by atoms with Crippen LogP contribution in [0.15, 0.2) is 28.5 Å². The number of aromatic amines is 1. The quantitative estimate of drug-likeness (QED) is 0.615. The van der Waals surface area contributed by atoms with Gasteiger partial charge in [-0.25, -0.2) is 19.7 Å². The van der Waals surface area contributed by atoms with E-state index in [1.54, 1.807) is 0 Å². The molecule has 0 saturated carbocycles. The lowest BCUT2D eigenvalue weighted by molar-refractivity contribution is 0.0695. The van der Waals surface area contributed by atoms with Crippen molar-refractivity contribution < 1.29 is 9.90 Å². The first-order chi connectivity index (χ1) is 10.1. The summed E-state index contributed by atoms with van der Waals surface area (Å²) in [7, 11) is 0. The van der Waals surface area contributed by atoms with Gasteiger partial charge >= 0.3 is 5.97 Å². The molecule has 2 aromatic rings. The zero-order chi connectivity index (χ0) is 15.2. The third kappa shape index (κ3) is 4.12. The van der Waals surface area contributed by atoms with Crippen LogP contribution in [-0.2, 0) is 12.2 Å². The van der Waals surface area contributed by atoms with E-state index in [-0.39, 0.29) is 11.1 Å². The average molecular weight is 306 g/mol. The van der Waals surface area contributed by atoms with Crippen LogP contribution in [-0.4, -0.2) is 31.0 Å². The molecule has 0 amide bonds. The molecule has 0 aliphatic heterocycles. The molecule has 2 aromatic heterocycles. The number of nitrogens with zero attached hydrogens (tertiary/aromatic N) is 3. The number of H-pyrrole nitrogens is 1. The molecule has 0 aliphatic carbocycles. The molecule has 2 rings (SSSR count). The molecule has 0 aliphatic rings. The van der Waals surface area contributed by atoms with E-state index in [1.165, 1.54) is 30.4 Å². The highest BCUT2D eigenvalue weighted by atomic mass is 32.2. The largest absolute Gasteiger partial charge is 0.478 e. The summed E-state index contributed by atoms with van der Waals surface area (Å²) in [5.74, 6) is -0.782. The number of aromatic carboxylic acids is 1. The molecule has 2 heterocycles. The van der Waals surface area contributed by atoms with E-state index in [4.69, 9.17) is 5.11 Å². The van der Waals surface area contributed by atoms with Crippen molar-refractivity contribution in [3.63, 3.8) is 0 Å². The van der Waals surface area contributed by atoms with Crippen LogP contribution in [0.4, 0.5) is 0 Å². The molecule has 7 nitrogen and oxygen atoms in total. The molecule has 0 bridgehead atoms. The van der Waals surface area contributed by atoms with Gasteiger partial charge in [-0.05, 0) is 6.42 Å². The fourth-order valence-electron chi connectivity index (χ4n) is 1.72. The van der Waals surface area contributed by atoms with Crippen molar-refractivity contribution in [1.82, 2.24) is 19.9 Å². The molecule has 21 heavy (non-hydrogen) atoms. The zero-order valence-corrected chi connectivity index (χ0v) is 12.2. The Balaban J connectivity index is 2.17. The smallest absolute Gasteiger partial charge is 0.339 e. The minimum absolute atomic E-state index is 0.0528. The van der Waals surface area contributed by atoms with Gasteiger partial charge in [-0.1, -0.05) is 25.1 Å². The fourth-order valence-corrected chi connectivity index (χ4v) is 2.58. The standard InChI is InChI=1S/C13H14N4O3S/c1-2-3-8-4-11(18)17-13(16-8)21-6-10-9(12(19)20)5-14-7-15-10/h4-5,7H,2-3,6H2,1H3,(H,19,20)(H,16,17,18). The highest BCUT2D eigenvalue weighted by Gasteiger charge is 2.12. The first kappa shape index (κ1) is 15.2. The highest BCUT2D eigenvalue weighted by molar-refractivity contribution is 7.98. The topological polar surface area (TPSA) is 109 Å². The Morgan fingerprint density at radius 1 is 1.48 bits per heavy atom. The van der Waals surface area contributed by atoms with Crippen molar-refractivity contribution in [3.8, 4) is 0 Å². The predicted octanol–water partition coefficient (Wildman–Crippen LogP) is 1.50. The van der Waals surface area contributed by atoms with Crippen LogP contribution in [0, 0.1) is 0 Å². The number of carbonyl (C=O) groups is 1. The summed E-state index contributed by atoms with van der Waals surface area (Å²) in [4.78, 5) is 37.2. The second-order valence-corrected chi connectivity index (χ2v) is 5.23. The van der Waals surface area contributed by atoms with Gasteiger partial charge in [-0.15, -0.1) is 0 Å². The molecule has 0 aromatic carbocycles. The van der Waals surface area contributed by atoms with Crippen molar-refractivity contribution >= 4 is 17.7 Å². The second-order valence-electron chi connectivity index (χ2n) is 4.27. The van der Waals surface area contributed by atoms with Gasteiger partial charge in [0.25, 0.3) is 5.56 Å². The Kier molecular flexibility index (Phi) is 5.04. The summed E-state index contributed by atoms with van der Waals surface area (Å²) in [6.07, 6.45) is 4.18. The van der Waals surface area contributed by atoms with Crippen molar-refractivity contribution in [2.75, 3.05) is 0 Å². The van der Waals surface area contributed by atoms with E-state index < -0.39 is 5.97 Å². The fraction of sp³-hybridized carbons (Fsp3) is 0.308. The number of carboxylic acids is 1. The molecule has 0 unspecified atom stereocenters. The average Bonchev–Trinajstić information content (AvgIpc) is 2.45. The number of aryl methyl sites for hydroxylation is 1. The number of nitrogens with one attached hydrogen (secondary N) is 1. The Bertz CT molecular complexity index is 702. The van der Waals surface area contributed by atoms with Gasteiger partial charge in [0.2, 0.25) is 0 Å². The van der Waals surface area contributed by atoms with Crippen LogP contribution in [0.3, 0.4) is 0 Å². The van der Waals surface area contributed by atoms with Crippen molar-refractivity contribution in [3.05, 3.63) is 45.9 Å². The number of hydrogen-bond acceptors (Lipinski definition) is 6. The third-order valence-corrected chi connectivity index (χ3v) is 3.53. The SMILES string of the molecule is CCCc1cc(=O)[nH]c(SCc2ncncc2C(=O)O)n1. The number of carboxylic acid groups (broad SMARTS) is 1. The first-order valence-corrected chi connectivity index (χ1v) is 7.34. The molecule has 0 spiro atoms. The van der Waals surface area contributed by atoms with Gasteiger partial charge in [-0.2, -0.15) is 0 Å². The van der Waals surface area contributed by atoms with Gasteiger partial charge < -0.3 is 10.1 Å². The maximum atomic E-state index is 11.5. The summed E-state index contributed by atoms with van der Waals surface area (Å²) in [6, 6.07) is 1.47. The summed E-state index contributed by atoms with van der Waals surface area (Å²) in [6.45, 7) is 2.01. The maximum absolute atomic E-state index is 11.5. The summed E-state index contributed by atoms with van der Waals surface area (Å²) in [5.41, 5.74) is 0.963. The molecule has 0 atom stereocenters. The normalized spacial score (nSPS) is 10.5. The minimum atomic E-state index is -1.08. The Morgan fingerprint density at radius 3 is 3.00 bits per heavy atom. The number of hydrogen-bond donors (Lipinski definition) is 2.